The number of halogens is 2. The Morgan fingerprint density at radius 1 is 1.50 bits per heavy atom. The molecule has 20 heavy (non-hydrogen) atoms. The zero-order valence-electron chi connectivity index (χ0n) is 11.0. The van der Waals surface area contributed by atoms with E-state index in [1.165, 1.54) is 17.0 Å². The van der Waals surface area contributed by atoms with Crippen LogP contribution in [-0.2, 0) is 9.59 Å². The van der Waals surface area contributed by atoms with Crippen molar-refractivity contribution in [3.05, 3.63) is 34.1 Å². The average molecular weight is 347 g/mol. The first-order valence-electron chi connectivity index (χ1n) is 6.07. The normalized spacial score (nSPS) is 12.4. The summed E-state index contributed by atoms with van der Waals surface area (Å²) in [5, 5.41) is 8.91. The number of carbonyl (C=O) groups excluding carboxylic acids is 1. The lowest BCUT2D eigenvalue weighted by atomic mass is 10.0. The molecule has 0 saturated heterocycles. The van der Waals surface area contributed by atoms with Gasteiger partial charge >= 0.3 is 5.97 Å². The molecule has 0 spiro atoms. The third kappa shape index (κ3) is 4.28. The molecule has 0 saturated carbocycles. The lowest BCUT2D eigenvalue weighted by Crippen LogP contribution is -2.41. The van der Waals surface area contributed by atoms with E-state index < -0.39 is 23.7 Å². The van der Waals surface area contributed by atoms with E-state index in [2.05, 4.69) is 15.9 Å². The molecule has 0 heterocycles. The Morgan fingerprint density at radius 2 is 2.15 bits per heavy atom. The molecule has 1 aromatic rings. The minimum Gasteiger partial charge on any atom is -0.480 e. The Labute approximate surface area is 124 Å². The lowest BCUT2D eigenvalue weighted by molar-refractivity contribution is -0.139. The zero-order valence-corrected chi connectivity index (χ0v) is 12.6. The second-order valence-electron chi connectivity index (χ2n) is 4.33. The molecule has 7 heteroatoms. The Bertz CT molecular complexity index is 510. The highest BCUT2D eigenvalue weighted by atomic mass is 79.9. The van der Waals surface area contributed by atoms with Gasteiger partial charge in [-0.1, -0.05) is 28.9 Å². The topological polar surface area (TPSA) is 83.6 Å². The van der Waals surface area contributed by atoms with Crippen LogP contribution in [0.5, 0.6) is 0 Å². The minimum atomic E-state index is -1.10. The summed E-state index contributed by atoms with van der Waals surface area (Å²) >= 11 is 3.13. The van der Waals surface area contributed by atoms with Crippen molar-refractivity contribution < 1.29 is 19.1 Å². The van der Waals surface area contributed by atoms with Crippen molar-refractivity contribution in [3.8, 4) is 0 Å². The number of carboxylic acid groups (broad SMARTS) is 1. The molecule has 1 aromatic carbocycles. The Morgan fingerprint density at radius 3 is 2.60 bits per heavy atom. The molecule has 0 aliphatic carbocycles. The van der Waals surface area contributed by atoms with Crippen molar-refractivity contribution in [2.75, 3.05) is 13.1 Å². The SMILES string of the molecule is CCCN(CC(=O)O)C(C(N)=O)c1ccc(Br)cc1F. The number of aliphatic carboxylic acids is 1. The molecular weight excluding hydrogens is 331 g/mol. The van der Waals surface area contributed by atoms with Crippen LogP contribution >= 0.6 is 15.9 Å². The highest BCUT2D eigenvalue weighted by Gasteiger charge is 2.29. The predicted molar refractivity (Wildman–Crippen MR) is 75.5 cm³/mol. The van der Waals surface area contributed by atoms with Crippen LogP contribution in [0.3, 0.4) is 0 Å². The number of carboxylic acids is 1. The summed E-state index contributed by atoms with van der Waals surface area (Å²) < 4.78 is 14.5. The summed E-state index contributed by atoms with van der Waals surface area (Å²) in [4.78, 5) is 23.9. The Hall–Kier alpha value is -1.47. The van der Waals surface area contributed by atoms with E-state index in [1.54, 1.807) is 6.07 Å². The molecule has 1 atom stereocenters. The van der Waals surface area contributed by atoms with Gasteiger partial charge in [0.1, 0.15) is 11.9 Å². The van der Waals surface area contributed by atoms with Crippen molar-refractivity contribution >= 4 is 27.8 Å². The fraction of sp³-hybridized carbons (Fsp3) is 0.385. The summed E-state index contributed by atoms with van der Waals surface area (Å²) in [7, 11) is 0. The third-order valence-electron chi connectivity index (χ3n) is 2.74. The van der Waals surface area contributed by atoms with Gasteiger partial charge in [0.05, 0.1) is 6.54 Å². The van der Waals surface area contributed by atoms with Gasteiger partial charge in [0.2, 0.25) is 5.91 Å². The summed E-state index contributed by atoms with van der Waals surface area (Å²) in [6.45, 7) is 1.79. The maximum Gasteiger partial charge on any atom is 0.317 e. The van der Waals surface area contributed by atoms with Crippen molar-refractivity contribution in [1.29, 1.82) is 0 Å². The molecule has 5 nitrogen and oxygen atoms in total. The van der Waals surface area contributed by atoms with Crippen molar-refractivity contribution in [2.24, 2.45) is 5.73 Å². The molecular formula is C13H16BrFN2O3. The zero-order chi connectivity index (χ0) is 15.3. The molecule has 1 unspecified atom stereocenters. The largest absolute Gasteiger partial charge is 0.480 e. The fourth-order valence-corrected chi connectivity index (χ4v) is 2.35. The van der Waals surface area contributed by atoms with Crippen molar-refractivity contribution in [1.82, 2.24) is 4.90 Å². The van der Waals surface area contributed by atoms with Gasteiger partial charge in [-0.2, -0.15) is 0 Å². The molecule has 0 aliphatic rings. The molecule has 0 aromatic heterocycles. The van der Waals surface area contributed by atoms with E-state index in [9.17, 15) is 14.0 Å². The molecule has 0 bridgehead atoms. The molecule has 3 N–H and O–H groups in total. The molecule has 0 fully saturated rings. The van der Waals surface area contributed by atoms with Crippen LogP contribution < -0.4 is 5.73 Å². The van der Waals surface area contributed by atoms with E-state index >= 15 is 0 Å². The summed E-state index contributed by atoms with van der Waals surface area (Å²) in [5.41, 5.74) is 5.41. The standard InChI is InChI=1S/C13H16BrFN2O3/c1-2-5-17(7-11(18)19)12(13(16)20)9-4-3-8(14)6-10(9)15/h3-4,6,12H,2,5,7H2,1H3,(H2,16,20)(H,18,19). The van der Waals surface area contributed by atoms with Crippen LogP contribution in [0.4, 0.5) is 4.39 Å². The van der Waals surface area contributed by atoms with Crippen LogP contribution in [-0.4, -0.2) is 35.0 Å². The summed E-state index contributed by atoms with van der Waals surface area (Å²) in [6, 6.07) is 3.13. The van der Waals surface area contributed by atoms with E-state index in [-0.39, 0.29) is 12.1 Å². The van der Waals surface area contributed by atoms with Gasteiger partial charge in [0.25, 0.3) is 0 Å². The monoisotopic (exact) mass is 346 g/mol. The molecule has 0 aliphatic heterocycles. The Balaban J connectivity index is 3.19. The van der Waals surface area contributed by atoms with Crippen LogP contribution in [0.15, 0.2) is 22.7 Å². The van der Waals surface area contributed by atoms with E-state index in [0.29, 0.717) is 17.4 Å². The number of carbonyl (C=O) groups is 2. The quantitative estimate of drug-likeness (QED) is 0.789. The molecule has 1 amide bonds. The van der Waals surface area contributed by atoms with Crippen LogP contribution in [0, 0.1) is 5.82 Å². The van der Waals surface area contributed by atoms with E-state index in [0.717, 1.165) is 0 Å². The second kappa shape index (κ2) is 7.35. The molecule has 0 radical (unpaired) electrons. The number of primary amides is 1. The van der Waals surface area contributed by atoms with Gasteiger partial charge < -0.3 is 10.8 Å². The fourth-order valence-electron chi connectivity index (χ4n) is 2.01. The predicted octanol–water partition coefficient (Wildman–Crippen LogP) is 1.91. The molecule has 110 valence electrons. The number of hydrogen-bond donors (Lipinski definition) is 2. The summed E-state index contributed by atoms with van der Waals surface area (Å²) in [5.74, 6) is -2.47. The highest BCUT2D eigenvalue weighted by Crippen LogP contribution is 2.25. The van der Waals surface area contributed by atoms with E-state index in [1.807, 2.05) is 6.92 Å². The van der Waals surface area contributed by atoms with Gasteiger partial charge in [-0.25, -0.2) is 4.39 Å². The van der Waals surface area contributed by atoms with Crippen LogP contribution in [0.1, 0.15) is 24.9 Å². The number of rotatable bonds is 7. The second-order valence-corrected chi connectivity index (χ2v) is 5.25. The van der Waals surface area contributed by atoms with Crippen molar-refractivity contribution in [2.45, 2.75) is 19.4 Å². The van der Waals surface area contributed by atoms with Crippen molar-refractivity contribution in [3.63, 3.8) is 0 Å². The van der Waals surface area contributed by atoms with E-state index in [4.69, 9.17) is 10.8 Å². The highest BCUT2D eigenvalue weighted by molar-refractivity contribution is 9.10. The third-order valence-corrected chi connectivity index (χ3v) is 3.23. The Kier molecular flexibility index (Phi) is 6.09. The number of amides is 1. The maximum atomic E-state index is 14.0. The van der Waals surface area contributed by atoms with Gasteiger partial charge in [-0.3, -0.25) is 14.5 Å². The first kappa shape index (κ1) is 16.6. The number of benzene rings is 1. The minimum absolute atomic E-state index is 0.0791. The lowest BCUT2D eigenvalue weighted by Gasteiger charge is -2.28. The number of hydrogen-bond acceptors (Lipinski definition) is 3. The number of nitrogens with two attached hydrogens (primary N) is 1. The summed E-state index contributed by atoms with van der Waals surface area (Å²) in [6.07, 6.45) is 0.620. The van der Waals surface area contributed by atoms with Crippen LogP contribution in [0.2, 0.25) is 0 Å². The smallest absolute Gasteiger partial charge is 0.317 e. The average Bonchev–Trinajstić information content (AvgIpc) is 2.31. The van der Waals surface area contributed by atoms with Gasteiger partial charge in [-0.15, -0.1) is 0 Å². The van der Waals surface area contributed by atoms with Gasteiger partial charge in [0, 0.05) is 10.0 Å². The number of nitrogens with zero attached hydrogens (tertiary/aromatic N) is 1. The first-order chi connectivity index (χ1) is 9.36. The van der Waals surface area contributed by atoms with Crippen LogP contribution in [0.25, 0.3) is 0 Å². The van der Waals surface area contributed by atoms with Gasteiger partial charge in [-0.05, 0) is 25.1 Å². The maximum absolute atomic E-state index is 14.0. The first-order valence-corrected chi connectivity index (χ1v) is 6.86. The molecule has 1 rings (SSSR count). The van der Waals surface area contributed by atoms with Gasteiger partial charge in [0.15, 0.2) is 0 Å².